The minimum absolute atomic E-state index is 0.0886. The fourth-order valence-electron chi connectivity index (χ4n) is 3.96. The number of aromatic nitrogens is 2. The van der Waals surface area contributed by atoms with Gasteiger partial charge in [-0.3, -0.25) is 14.9 Å². The zero-order valence-corrected chi connectivity index (χ0v) is 20.7. The summed E-state index contributed by atoms with van der Waals surface area (Å²) in [5.41, 5.74) is 1.59. The van der Waals surface area contributed by atoms with Crippen LogP contribution in [0.2, 0.25) is 10.0 Å². The number of ether oxygens (including phenoxy) is 2. The second kappa shape index (κ2) is 9.44. The Labute approximate surface area is 210 Å². The van der Waals surface area contributed by atoms with E-state index in [9.17, 15) is 14.9 Å². The van der Waals surface area contributed by atoms with Crippen molar-refractivity contribution in [1.29, 1.82) is 0 Å². The van der Waals surface area contributed by atoms with Crippen molar-refractivity contribution in [1.82, 2.24) is 9.55 Å². The standard InChI is InChI=1S/C24H20Cl2N4O5/c1-12-22-13(11-27-23(12)28-15-7-5-6-8-16(15)30(32)33)9-14(24(31)29(22)2)19-20(25)17(34-3)10-18(35-4)21(19)26/h5-11H,1-4H3,(H,27,28). The van der Waals surface area contributed by atoms with Gasteiger partial charge in [0.05, 0.1) is 40.3 Å². The molecule has 4 rings (SSSR count). The van der Waals surface area contributed by atoms with Crippen molar-refractivity contribution in [2.45, 2.75) is 6.92 Å². The molecular weight excluding hydrogens is 495 g/mol. The van der Waals surface area contributed by atoms with Crippen molar-refractivity contribution >= 4 is 51.3 Å². The lowest BCUT2D eigenvalue weighted by molar-refractivity contribution is -0.383. The van der Waals surface area contributed by atoms with Crippen molar-refractivity contribution in [3.8, 4) is 22.6 Å². The smallest absolute Gasteiger partial charge is 0.292 e. The van der Waals surface area contributed by atoms with Crippen LogP contribution >= 0.6 is 23.2 Å². The number of hydrogen-bond donors (Lipinski definition) is 1. The van der Waals surface area contributed by atoms with Gasteiger partial charge in [0.15, 0.2) is 0 Å². The lowest BCUT2D eigenvalue weighted by Gasteiger charge is -2.17. The lowest BCUT2D eigenvalue weighted by Crippen LogP contribution is -2.20. The molecule has 11 heteroatoms. The lowest BCUT2D eigenvalue weighted by atomic mass is 10.0. The highest BCUT2D eigenvalue weighted by Gasteiger charge is 2.23. The van der Waals surface area contributed by atoms with Crippen molar-refractivity contribution in [2.75, 3.05) is 19.5 Å². The maximum atomic E-state index is 13.5. The number of benzene rings is 2. The highest BCUT2D eigenvalue weighted by molar-refractivity contribution is 6.41. The molecule has 0 fully saturated rings. The molecule has 1 N–H and O–H groups in total. The Morgan fingerprint density at radius 3 is 2.31 bits per heavy atom. The average molecular weight is 515 g/mol. The summed E-state index contributed by atoms with van der Waals surface area (Å²) in [6.45, 7) is 1.78. The van der Waals surface area contributed by atoms with Crippen LogP contribution in [0.1, 0.15) is 5.56 Å². The maximum absolute atomic E-state index is 13.5. The molecule has 4 aromatic rings. The SMILES string of the molecule is COc1cc(OC)c(Cl)c(-c2cc3cnc(Nc4ccccc4[N+](=O)[O-])c(C)c3n(C)c2=O)c1Cl. The predicted octanol–water partition coefficient (Wildman–Crippen LogP) is 5.88. The van der Waals surface area contributed by atoms with Crippen LogP contribution in [-0.2, 0) is 7.05 Å². The minimum Gasteiger partial charge on any atom is -0.495 e. The first-order chi connectivity index (χ1) is 16.7. The molecule has 0 atom stereocenters. The van der Waals surface area contributed by atoms with E-state index in [0.717, 1.165) is 0 Å². The van der Waals surface area contributed by atoms with E-state index in [4.69, 9.17) is 32.7 Å². The second-order valence-corrected chi connectivity index (χ2v) is 8.40. The Hall–Kier alpha value is -3.82. The number of methoxy groups -OCH3 is 2. The third kappa shape index (κ3) is 4.13. The van der Waals surface area contributed by atoms with Crippen LogP contribution < -0.4 is 20.3 Å². The van der Waals surface area contributed by atoms with Crippen LogP contribution in [0.4, 0.5) is 17.2 Å². The first-order valence-corrected chi connectivity index (χ1v) is 11.0. The monoisotopic (exact) mass is 514 g/mol. The number of nitro groups is 1. The van der Waals surface area contributed by atoms with E-state index < -0.39 is 4.92 Å². The third-order valence-electron chi connectivity index (χ3n) is 5.68. The molecule has 180 valence electrons. The molecule has 0 aliphatic heterocycles. The molecule has 9 nitrogen and oxygen atoms in total. The van der Waals surface area contributed by atoms with Crippen molar-refractivity contribution in [3.63, 3.8) is 0 Å². The predicted molar refractivity (Wildman–Crippen MR) is 137 cm³/mol. The minimum atomic E-state index is -0.476. The topological polar surface area (TPSA) is 109 Å². The van der Waals surface area contributed by atoms with Gasteiger partial charge < -0.3 is 19.4 Å². The average Bonchev–Trinajstić information content (AvgIpc) is 2.84. The Morgan fingerprint density at radius 2 is 1.71 bits per heavy atom. The number of hydrogen-bond acceptors (Lipinski definition) is 7. The van der Waals surface area contributed by atoms with Crippen molar-refractivity contribution < 1.29 is 14.4 Å². The number of pyridine rings is 2. The fraction of sp³-hybridized carbons (Fsp3) is 0.167. The quantitative estimate of drug-likeness (QED) is 0.252. The molecule has 0 spiro atoms. The highest BCUT2D eigenvalue weighted by Crippen LogP contribution is 2.45. The van der Waals surface area contributed by atoms with E-state index >= 15 is 0 Å². The fourth-order valence-corrected chi connectivity index (χ4v) is 4.67. The molecule has 0 unspecified atom stereocenters. The summed E-state index contributed by atoms with van der Waals surface area (Å²) < 4.78 is 12.1. The first-order valence-electron chi connectivity index (χ1n) is 10.3. The molecule has 2 aromatic heterocycles. The second-order valence-electron chi connectivity index (χ2n) is 7.64. The van der Waals surface area contributed by atoms with Crippen LogP contribution in [0, 0.1) is 17.0 Å². The van der Waals surface area contributed by atoms with E-state index in [2.05, 4.69) is 10.3 Å². The van der Waals surface area contributed by atoms with E-state index in [-0.39, 0.29) is 38.1 Å². The summed E-state index contributed by atoms with van der Waals surface area (Å²) in [4.78, 5) is 28.9. The Kier molecular flexibility index (Phi) is 6.56. The normalized spacial score (nSPS) is 10.9. The molecule has 2 heterocycles. The highest BCUT2D eigenvalue weighted by atomic mass is 35.5. The van der Waals surface area contributed by atoms with Gasteiger partial charge in [0.2, 0.25) is 0 Å². The van der Waals surface area contributed by atoms with E-state index in [0.29, 0.717) is 33.8 Å². The van der Waals surface area contributed by atoms with Gasteiger partial charge in [-0.2, -0.15) is 0 Å². The Bertz CT molecular complexity index is 1520. The largest absolute Gasteiger partial charge is 0.495 e. The Balaban J connectivity index is 1.93. The number of nitro benzene ring substituents is 1. The van der Waals surface area contributed by atoms with Crippen LogP contribution in [0.3, 0.4) is 0 Å². The van der Waals surface area contributed by atoms with Crippen LogP contribution in [0.5, 0.6) is 11.5 Å². The summed E-state index contributed by atoms with van der Waals surface area (Å²) in [7, 11) is 4.53. The number of halogens is 2. The van der Waals surface area contributed by atoms with Crippen LogP contribution in [0.15, 0.2) is 47.4 Å². The summed E-state index contributed by atoms with van der Waals surface area (Å²) in [6, 6.07) is 9.45. The zero-order chi connectivity index (χ0) is 25.4. The molecule has 0 saturated carbocycles. The molecule has 0 amide bonds. The number of nitrogens with one attached hydrogen (secondary N) is 1. The van der Waals surface area contributed by atoms with E-state index in [1.54, 1.807) is 50.5 Å². The third-order valence-corrected chi connectivity index (χ3v) is 6.43. The summed E-state index contributed by atoms with van der Waals surface area (Å²) in [5.74, 6) is 1.00. The van der Waals surface area contributed by atoms with Gasteiger partial charge >= 0.3 is 0 Å². The van der Waals surface area contributed by atoms with E-state index in [1.807, 2.05) is 0 Å². The number of fused-ring (bicyclic) bond motifs is 1. The molecule has 0 aliphatic rings. The maximum Gasteiger partial charge on any atom is 0.292 e. The zero-order valence-electron chi connectivity index (χ0n) is 19.2. The van der Waals surface area contributed by atoms with Gasteiger partial charge in [-0.1, -0.05) is 35.3 Å². The number of anilines is 2. The molecule has 0 bridgehead atoms. The Morgan fingerprint density at radius 1 is 1.09 bits per heavy atom. The van der Waals surface area contributed by atoms with Gasteiger partial charge in [0.1, 0.15) is 23.0 Å². The number of nitrogens with zero attached hydrogens (tertiary/aromatic N) is 3. The van der Waals surface area contributed by atoms with Gasteiger partial charge in [-0.15, -0.1) is 0 Å². The molecule has 0 radical (unpaired) electrons. The summed E-state index contributed by atoms with van der Waals surface area (Å²) in [6.07, 6.45) is 1.57. The number of para-hydroxylation sites is 2. The van der Waals surface area contributed by atoms with Crippen LogP contribution in [-0.4, -0.2) is 28.7 Å². The van der Waals surface area contributed by atoms with Crippen molar-refractivity contribution in [2.24, 2.45) is 7.05 Å². The molecular formula is C24H20Cl2N4O5. The van der Waals surface area contributed by atoms with Crippen LogP contribution in [0.25, 0.3) is 22.0 Å². The number of aryl methyl sites for hydroxylation is 2. The summed E-state index contributed by atoms with van der Waals surface area (Å²) >= 11 is 13.1. The molecule has 35 heavy (non-hydrogen) atoms. The molecule has 0 aliphatic carbocycles. The van der Waals surface area contributed by atoms with Crippen molar-refractivity contribution in [3.05, 3.63) is 78.7 Å². The molecule has 2 aromatic carbocycles. The number of rotatable bonds is 6. The first kappa shape index (κ1) is 24.3. The van der Waals surface area contributed by atoms with Gasteiger partial charge in [-0.25, -0.2) is 4.98 Å². The van der Waals surface area contributed by atoms with Gasteiger partial charge in [0, 0.05) is 41.9 Å². The summed E-state index contributed by atoms with van der Waals surface area (Å²) in [5, 5.41) is 15.4. The van der Waals surface area contributed by atoms with E-state index in [1.165, 1.54) is 24.9 Å². The molecule has 0 saturated heterocycles. The van der Waals surface area contributed by atoms with Gasteiger partial charge in [-0.05, 0) is 19.1 Å². The van der Waals surface area contributed by atoms with Gasteiger partial charge in [0.25, 0.3) is 11.2 Å².